The minimum atomic E-state index is -0.678. The number of carbonyl (C=O) groups is 1. The lowest BCUT2D eigenvalue weighted by atomic mass is 9.81. The number of nitrogens with two attached hydrogens (primary N) is 1. The van der Waals surface area contributed by atoms with Gasteiger partial charge in [0.05, 0.1) is 32.8 Å². The van der Waals surface area contributed by atoms with Crippen molar-refractivity contribution in [3.05, 3.63) is 51.1 Å². The third kappa shape index (κ3) is 2.97. The summed E-state index contributed by atoms with van der Waals surface area (Å²) in [5.74, 6) is 0.0948. The second-order valence-electron chi connectivity index (χ2n) is 5.89. The van der Waals surface area contributed by atoms with Crippen molar-refractivity contribution in [2.75, 3.05) is 32.4 Å². The van der Waals surface area contributed by atoms with Gasteiger partial charge in [-0.3, -0.25) is 4.98 Å². The van der Waals surface area contributed by atoms with E-state index in [0.717, 1.165) is 0 Å². The number of nitrogens with one attached hydrogen (secondary N) is 2. The summed E-state index contributed by atoms with van der Waals surface area (Å²) in [4.78, 5) is 30.8. The maximum Gasteiger partial charge on any atom is 0.348 e. The maximum atomic E-state index is 12.6. The van der Waals surface area contributed by atoms with Crippen LogP contribution >= 0.6 is 0 Å². The summed E-state index contributed by atoms with van der Waals surface area (Å²) in [5.41, 5.74) is 7.41. The molecule has 27 heavy (non-hydrogen) atoms. The Morgan fingerprint density at radius 1 is 1.22 bits per heavy atom. The topological polar surface area (TPSA) is 129 Å². The molecule has 9 nitrogen and oxygen atoms in total. The van der Waals surface area contributed by atoms with Gasteiger partial charge in [0.15, 0.2) is 11.5 Å². The molecule has 0 saturated heterocycles. The monoisotopic (exact) mass is 372 g/mol. The van der Waals surface area contributed by atoms with E-state index in [1.807, 2.05) is 0 Å². The quantitative estimate of drug-likeness (QED) is 0.687. The fourth-order valence-corrected chi connectivity index (χ4v) is 3.32. The number of aromatic amines is 1. The van der Waals surface area contributed by atoms with Gasteiger partial charge in [0.1, 0.15) is 11.6 Å². The van der Waals surface area contributed by atoms with Crippen molar-refractivity contribution in [1.29, 1.82) is 0 Å². The first-order chi connectivity index (χ1) is 12.9. The highest BCUT2D eigenvalue weighted by Gasteiger charge is 2.37. The Morgan fingerprint density at radius 3 is 2.59 bits per heavy atom. The molecule has 0 saturated carbocycles. The zero-order valence-corrected chi connectivity index (χ0v) is 15.4. The third-order valence-electron chi connectivity index (χ3n) is 4.44. The number of para-hydroxylation sites is 1. The highest BCUT2D eigenvalue weighted by Crippen LogP contribution is 2.47. The molecule has 0 spiro atoms. The smallest absolute Gasteiger partial charge is 0.348 e. The largest absolute Gasteiger partial charge is 0.493 e. The molecule has 2 heterocycles. The average molecular weight is 372 g/mol. The summed E-state index contributed by atoms with van der Waals surface area (Å²) in [5, 5.41) is 2.97. The Kier molecular flexibility index (Phi) is 4.76. The summed E-state index contributed by atoms with van der Waals surface area (Å²) < 4.78 is 15.9. The Hall–Kier alpha value is -3.49. The number of rotatable bonds is 4. The van der Waals surface area contributed by atoms with Crippen molar-refractivity contribution >= 4 is 17.6 Å². The molecule has 9 heteroatoms. The number of nitrogens with zero attached hydrogens (tertiary/aromatic N) is 1. The van der Waals surface area contributed by atoms with Crippen molar-refractivity contribution in [2.45, 2.75) is 12.8 Å². The van der Waals surface area contributed by atoms with Gasteiger partial charge in [-0.25, -0.2) is 9.59 Å². The number of aromatic nitrogens is 2. The first-order valence-electron chi connectivity index (χ1n) is 8.09. The second kappa shape index (κ2) is 7.02. The van der Waals surface area contributed by atoms with E-state index < -0.39 is 17.6 Å². The summed E-state index contributed by atoms with van der Waals surface area (Å²) in [6, 6.07) is 5.31. The Labute approximate surface area is 155 Å². The Balaban J connectivity index is 2.38. The molecular formula is C18H20N4O5. The number of esters is 1. The number of hydrogen-bond donors (Lipinski definition) is 3. The van der Waals surface area contributed by atoms with Crippen LogP contribution in [0, 0.1) is 0 Å². The molecule has 4 N–H and O–H groups in total. The number of benzene rings is 1. The number of ether oxygens (including phenoxy) is 3. The molecule has 3 rings (SSSR count). The first kappa shape index (κ1) is 18.3. The summed E-state index contributed by atoms with van der Waals surface area (Å²) in [6.07, 6.45) is 0. The number of carbonyl (C=O) groups excluding carboxylic acids is 1. The van der Waals surface area contributed by atoms with Crippen molar-refractivity contribution in [2.24, 2.45) is 0 Å². The molecular weight excluding hydrogens is 352 g/mol. The van der Waals surface area contributed by atoms with Crippen molar-refractivity contribution in [3.8, 4) is 11.5 Å². The number of anilines is 2. The van der Waals surface area contributed by atoms with E-state index in [-0.39, 0.29) is 11.6 Å². The van der Waals surface area contributed by atoms with E-state index in [2.05, 4.69) is 15.3 Å². The van der Waals surface area contributed by atoms with E-state index in [0.29, 0.717) is 33.9 Å². The zero-order chi connectivity index (χ0) is 19.7. The van der Waals surface area contributed by atoms with Crippen LogP contribution in [0.15, 0.2) is 34.3 Å². The number of H-pyrrole nitrogens is 1. The molecule has 1 aliphatic rings. The molecule has 1 aromatic heterocycles. The van der Waals surface area contributed by atoms with Gasteiger partial charge in [0.25, 0.3) is 0 Å². The average Bonchev–Trinajstić information content (AvgIpc) is 2.65. The van der Waals surface area contributed by atoms with Crippen LogP contribution in [0.1, 0.15) is 24.0 Å². The molecule has 142 valence electrons. The first-order valence-corrected chi connectivity index (χ1v) is 8.09. The second-order valence-corrected chi connectivity index (χ2v) is 5.89. The van der Waals surface area contributed by atoms with Gasteiger partial charge in [0.2, 0.25) is 0 Å². The molecule has 0 radical (unpaired) electrons. The highest BCUT2D eigenvalue weighted by atomic mass is 16.5. The van der Waals surface area contributed by atoms with Crippen LogP contribution in [-0.4, -0.2) is 37.3 Å². The maximum absolute atomic E-state index is 12.6. The lowest BCUT2D eigenvalue weighted by molar-refractivity contribution is -0.136. The molecule has 2 aromatic rings. The van der Waals surface area contributed by atoms with Crippen LogP contribution in [0.5, 0.6) is 11.5 Å². The number of allylic oxidation sites excluding steroid dienone is 1. The number of fused-ring (bicyclic) bond motifs is 1. The van der Waals surface area contributed by atoms with Crippen LogP contribution in [0.4, 0.5) is 11.6 Å². The van der Waals surface area contributed by atoms with Gasteiger partial charge in [-0.1, -0.05) is 12.1 Å². The van der Waals surface area contributed by atoms with E-state index in [4.69, 9.17) is 19.9 Å². The Morgan fingerprint density at radius 2 is 1.96 bits per heavy atom. The highest BCUT2D eigenvalue weighted by molar-refractivity contribution is 5.95. The minimum absolute atomic E-state index is 0.0984. The van der Waals surface area contributed by atoms with Gasteiger partial charge in [0, 0.05) is 16.8 Å². The molecule has 0 amide bonds. The SMILES string of the molecule is COC(=O)C1=C(C)Nc2nc(=O)[nH]c(N)c2C1c1cccc(OC)c1OC. The van der Waals surface area contributed by atoms with Gasteiger partial charge < -0.3 is 25.3 Å². The number of nitrogen functional groups attached to an aromatic ring is 1. The summed E-state index contributed by atoms with van der Waals surface area (Å²) in [6.45, 7) is 1.70. The minimum Gasteiger partial charge on any atom is -0.493 e. The molecule has 0 aliphatic carbocycles. The molecule has 0 fully saturated rings. The van der Waals surface area contributed by atoms with Gasteiger partial charge in [-0.15, -0.1) is 0 Å². The van der Waals surface area contributed by atoms with E-state index in [1.165, 1.54) is 21.3 Å². The van der Waals surface area contributed by atoms with Crippen LogP contribution in [-0.2, 0) is 9.53 Å². The molecule has 1 aromatic carbocycles. The lowest BCUT2D eigenvalue weighted by Crippen LogP contribution is -2.29. The normalized spacial score (nSPS) is 15.6. The third-order valence-corrected chi connectivity index (χ3v) is 4.44. The predicted molar refractivity (Wildman–Crippen MR) is 99.0 cm³/mol. The fourth-order valence-electron chi connectivity index (χ4n) is 3.32. The molecule has 1 aliphatic heterocycles. The number of hydrogen-bond acceptors (Lipinski definition) is 8. The van der Waals surface area contributed by atoms with Gasteiger partial charge >= 0.3 is 11.7 Å². The van der Waals surface area contributed by atoms with Crippen molar-refractivity contribution < 1.29 is 19.0 Å². The van der Waals surface area contributed by atoms with Crippen LogP contribution < -0.4 is 26.2 Å². The summed E-state index contributed by atoms with van der Waals surface area (Å²) in [7, 11) is 4.33. The molecule has 1 unspecified atom stereocenters. The Bertz CT molecular complexity index is 996. The molecule has 0 bridgehead atoms. The zero-order valence-electron chi connectivity index (χ0n) is 15.4. The predicted octanol–water partition coefficient (Wildman–Crippen LogP) is 1.37. The van der Waals surface area contributed by atoms with E-state index in [9.17, 15) is 9.59 Å². The standard InChI is InChI=1S/C18H20N4O5/c1-8-11(17(23)27-4)12(9-6-5-7-10(25-2)14(9)26-3)13-15(19)21-18(24)22-16(13)20-8/h5-7,12H,1-4H3,(H4,19,20,21,22,24). The van der Waals surface area contributed by atoms with Crippen LogP contribution in [0.3, 0.4) is 0 Å². The fraction of sp³-hybridized carbons (Fsp3) is 0.278. The van der Waals surface area contributed by atoms with E-state index in [1.54, 1.807) is 25.1 Å². The van der Waals surface area contributed by atoms with Crippen LogP contribution in [0.2, 0.25) is 0 Å². The molecule has 1 atom stereocenters. The van der Waals surface area contributed by atoms with Crippen molar-refractivity contribution in [3.63, 3.8) is 0 Å². The van der Waals surface area contributed by atoms with Crippen molar-refractivity contribution in [1.82, 2.24) is 9.97 Å². The van der Waals surface area contributed by atoms with E-state index >= 15 is 0 Å². The van der Waals surface area contributed by atoms with Gasteiger partial charge in [-0.2, -0.15) is 4.98 Å². The van der Waals surface area contributed by atoms with Crippen LogP contribution in [0.25, 0.3) is 0 Å². The number of methoxy groups -OCH3 is 3. The van der Waals surface area contributed by atoms with Gasteiger partial charge in [-0.05, 0) is 13.0 Å². The lowest BCUT2D eigenvalue weighted by Gasteiger charge is -2.30. The summed E-state index contributed by atoms with van der Waals surface area (Å²) >= 11 is 0.